The molecule has 2 aromatic rings. The summed E-state index contributed by atoms with van der Waals surface area (Å²) >= 11 is 0. The Morgan fingerprint density at radius 1 is 1.33 bits per heavy atom. The van der Waals surface area contributed by atoms with Gasteiger partial charge in [0.1, 0.15) is 0 Å². The zero-order valence-corrected chi connectivity index (χ0v) is 12.6. The number of aromatic amines is 1. The molecular formula is C7H7AmN3Y. The van der Waals surface area contributed by atoms with Gasteiger partial charge in [-0.2, -0.15) is 5.10 Å². The Hall–Kier alpha value is 0.114. The van der Waals surface area contributed by atoms with Gasteiger partial charge >= 0.3 is 0 Å². The van der Waals surface area contributed by atoms with Crippen molar-refractivity contribution in [2.24, 2.45) is 0 Å². The van der Waals surface area contributed by atoms with Crippen molar-refractivity contribution in [2.75, 3.05) is 0 Å². The molecule has 0 aliphatic carbocycles. The number of hydrogen-bond donors (Lipinski definition) is 1. The van der Waals surface area contributed by atoms with Crippen LogP contribution >= 0.6 is 0 Å². The molecule has 0 amide bonds. The molecule has 0 saturated carbocycles. The topological polar surface area (TPSA) is 41.6 Å². The van der Waals surface area contributed by atoms with Crippen LogP contribution in [0.5, 0.6) is 0 Å². The summed E-state index contributed by atoms with van der Waals surface area (Å²) in [5, 5.41) is 7.71. The first kappa shape index (κ1) is 12.1. The molecule has 0 atom stereocenters. The maximum Gasteiger partial charge on any atom is 0.155 e. The van der Waals surface area contributed by atoms with E-state index in [9.17, 15) is 0 Å². The summed E-state index contributed by atoms with van der Waals surface area (Å²) in [6.45, 7) is 1.96. The number of nitrogens with one attached hydrogen (secondary N) is 1. The first-order valence-electron chi connectivity index (χ1n) is 3.13. The van der Waals surface area contributed by atoms with E-state index in [1.807, 2.05) is 19.1 Å². The van der Waals surface area contributed by atoms with Gasteiger partial charge in [0.25, 0.3) is 0 Å². The first-order chi connectivity index (χ1) is 4.86. The van der Waals surface area contributed by atoms with Crippen LogP contribution < -0.4 is 0 Å². The molecular weight excluding hydrogens is 458 g/mol. The Morgan fingerprint density at radius 2 is 2.08 bits per heavy atom. The molecule has 2 rings (SSSR count). The van der Waals surface area contributed by atoms with Gasteiger partial charge in [0.05, 0.1) is 6.20 Å². The minimum Gasteiger partial charge on any atom is -0.261 e. The van der Waals surface area contributed by atoms with Gasteiger partial charge in [-0.1, -0.05) is 0 Å². The molecule has 0 aromatic carbocycles. The van der Waals surface area contributed by atoms with Gasteiger partial charge in [-0.15, -0.1) is 0 Å². The zero-order chi connectivity index (χ0) is 6.97. The van der Waals surface area contributed by atoms with Crippen LogP contribution in [-0.4, -0.2) is 15.2 Å². The molecule has 2 radical (unpaired) electrons. The first-order valence-corrected chi connectivity index (χ1v) is 3.13. The summed E-state index contributed by atoms with van der Waals surface area (Å²) in [5.74, 6) is 0. The molecule has 0 bridgehead atoms. The number of aryl methyl sites for hydroxylation is 1. The van der Waals surface area contributed by atoms with Crippen molar-refractivity contribution in [3.05, 3.63) is 24.0 Å². The van der Waals surface area contributed by atoms with E-state index in [0.717, 1.165) is 16.7 Å². The fraction of sp³-hybridized carbons (Fsp3) is 0.143. The van der Waals surface area contributed by atoms with Crippen molar-refractivity contribution in [3.63, 3.8) is 0 Å². The Labute approximate surface area is 103 Å². The molecule has 2 aromatic heterocycles. The van der Waals surface area contributed by atoms with E-state index in [4.69, 9.17) is 0 Å². The largest absolute Gasteiger partial charge is 0.261 e. The number of aromatic nitrogens is 3. The summed E-state index contributed by atoms with van der Waals surface area (Å²) in [6, 6.07) is 3.97. The van der Waals surface area contributed by atoms with E-state index in [1.165, 1.54) is 0 Å². The molecule has 5 heteroatoms. The molecule has 0 spiro atoms. The van der Waals surface area contributed by atoms with Crippen molar-refractivity contribution in [1.82, 2.24) is 15.2 Å². The van der Waals surface area contributed by atoms with Crippen molar-refractivity contribution >= 4 is 11.0 Å². The summed E-state index contributed by atoms with van der Waals surface area (Å²) in [7, 11) is 0. The van der Waals surface area contributed by atoms with Crippen LogP contribution in [0.15, 0.2) is 18.3 Å². The fourth-order valence-electron chi connectivity index (χ4n) is 0.924. The van der Waals surface area contributed by atoms with E-state index in [0.29, 0.717) is 0 Å². The van der Waals surface area contributed by atoms with Gasteiger partial charge in [0.2, 0.25) is 0 Å². The summed E-state index contributed by atoms with van der Waals surface area (Å²) in [6.07, 6.45) is 1.77. The van der Waals surface area contributed by atoms with Gasteiger partial charge < -0.3 is 0 Å². The molecule has 0 saturated heterocycles. The summed E-state index contributed by atoms with van der Waals surface area (Å²) < 4.78 is 0. The van der Waals surface area contributed by atoms with Gasteiger partial charge in [-0.05, 0) is 19.1 Å². The predicted molar refractivity (Wildman–Crippen MR) is 38.6 cm³/mol. The minimum atomic E-state index is 0. The van der Waals surface area contributed by atoms with E-state index in [1.54, 1.807) is 6.20 Å². The number of hydrogen-bond acceptors (Lipinski definition) is 2. The summed E-state index contributed by atoms with van der Waals surface area (Å²) in [5.41, 5.74) is 1.87. The third kappa shape index (κ3) is 2.30. The molecule has 2 heterocycles. The van der Waals surface area contributed by atoms with Gasteiger partial charge in [0.15, 0.2) is 5.65 Å². The second-order valence-electron chi connectivity index (χ2n) is 2.26. The summed E-state index contributed by atoms with van der Waals surface area (Å²) in [4.78, 5) is 4.22. The standard InChI is InChI=1S/C7H7N3.Am.Y/c1-5-2-3-6-4-8-10-7(6)9-5;;/h2-4H,1H3,(H,8,9,10);;. The van der Waals surface area contributed by atoms with Gasteiger partial charge in [0, 0.05) is 58.1 Å². The number of pyridine rings is 1. The number of rotatable bonds is 0. The molecule has 0 aliphatic heterocycles. The molecule has 0 aliphatic rings. The Balaban J connectivity index is 0.000000605. The SMILES string of the molecule is Cc1ccc2cn[nH]c2n1.[Am].[Y]. The molecule has 0 unspecified atom stereocenters. The zero-order valence-electron chi connectivity index (χ0n) is 6.58. The third-order valence-corrected chi connectivity index (χ3v) is 1.44. The van der Waals surface area contributed by atoms with Crippen molar-refractivity contribution in [2.45, 2.75) is 6.92 Å². The second-order valence-corrected chi connectivity index (χ2v) is 2.26. The van der Waals surface area contributed by atoms with Crippen LogP contribution in [0.25, 0.3) is 11.0 Å². The average molecular weight is 465 g/mol. The Morgan fingerprint density at radius 3 is 2.83 bits per heavy atom. The predicted octanol–water partition coefficient (Wildman–Crippen LogP) is 1.26. The van der Waals surface area contributed by atoms with Crippen molar-refractivity contribution in [3.8, 4) is 0 Å². The van der Waals surface area contributed by atoms with Crippen molar-refractivity contribution in [1.29, 1.82) is 0 Å². The van der Waals surface area contributed by atoms with Gasteiger partial charge in [-0.3, -0.25) is 5.10 Å². The van der Waals surface area contributed by atoms with E-state index < -0.39 is 0 Å². The normalized spacial score (nSPS) is 8.75. The van der Waals surface area contributed by atoms with Crippen molar-refractivity contribution < 1.29 is 47.0 Å². The van der Waals surface area contributed by atoms with E-state index in [2.05, 4.69) is 15.2 Å². The molecule has 1 N–H and O–H groups in total. The third-order valence-electron chi connectivity index (χ3n) is 1.44. The van der Waals surface area contributed by atoms with Crippen LogP contribution in [0.3, 0.4) is 0 Å². The van der Waals surface area contributed by atoms with Crippen LogP contribution in [0.1, 0.15) is 5.69 Å². The smallest absolute Gasteiger partial charge is 0.155 e. The second kappa shape index (κ2) is 4.98. The quantitative estimate of drug-likeness (QED) is 0.638. The Bertz CT molecular complexity index is 360. The van der Waals surface area contributed by atoms with Crippen LogP contribution in [0, 0.1) is 21.2 Å². The number of fused-ring (bicyclic) bond motifs is 1. The minimum absolute atomic E-state index is 0. The molecule has 12 heavy (non-hydrogen) atoms. The number of nitrogens with zero attached hydrogens (tertiary/aromatic N) is 2. The van der Waals surface area contributed by atoms with Gasteiger partial charge in [-0.25, -0.2) is 4.98 Å². The van der Waals surface area contributed by atoms with E-state index in [-0.39, 0.29) is 47.0 Å². The molecule has 3 nitrogen and oxygen atoms in total. The van der Waals surface area contributed by atoms with E-state index >= 15 is 0 Å². The Kier molecular flexibility index (Phi) is 5.02. The number of H-pyrrole nitrogens is 1. The van der Waals surface area contributed by atoms with Crippen LogP contribution in [0.2, 0.25) is 0 Å². The maximum absolute atomic E-state index is 4.22. The van der Waals surface area contributed by atoms with Crippen LogP contribution in [-0.2, 0) is 32.7 Å². The molecule has 0 fully saturated rings. The molecule has 60 valence electrons. The monoisotopic (exact) mass is 463 g/mol. The fourth-order valence-corrected chi connectivity index (χ4v) is 0.924. The average Bonchev–Trinajstić information content (AvgIpc) is 2.33. The maximum atomic E-state index is 4.22. The van der Waals surface area contributed by atoms with Crippen LogP contribution in [0.4, 0.5) is 0 Å².